The molecular formula is C15H20O9. The van der Waals surface area contributed by atoms with Crippen molar-refractivity contribution in [1.82, 2.24) is 0 Å². The highest BCUT2D eigenvalue weighted by Crippen LogP contribution is 2.38. The molecule has 9 heteroatoms. The number of carboxylic acid groups (broad SMARTS) is 1. The topological polar surface area (TPSA) is 168 Å². The molecule has 7 N–H and O–H groups in total. The first-order valence-electron chi connectivity index (χ1n) is 7.25. The van der Waals surface area contributed by atoms with Crippen molar-refractivity contribution in [3.05, 3.63) is 35.6 Å². The van der Waals surface area contributed by atoms with E-state index in [-0.39, 0.29) is 6.42 Å². The maximum absolute atomic E-state index is 10.8. The molecule has 0 amide bonds. The number of aliphatic hydroxyl groups excluding tert-OH is 5. The van der Waals surface area contributed by atoms with Crippen molar-refractivity contribution in [3.63, 3.8) is 0 Å². The number of ether oxygens (including phenoxy) is 1. The van der Waals surface area contributed by atoms with Crippen molar-refractivity contribution in [3.8, 4) is 0 Å². The molecule has 1 aliphatic carbocycles. The first-order chi connectivity index (χ1) is 11.2. The molecule has 0 aromatic rings. The lowest BCUT2D eigenvalue weighted by Gasteiger charge is -2.47. The van der Waals surface area contributed by atoms with Gasteiger partial charge in [-0.2, -0.15) is 0 Å². The van der Waals surface area contributed by atoms with Crippen LogP contribution in [0.1, 0.15) is 6.42 Å². The molecule has 0 aromatic heterocycles. The Balaban J connectivity index is 2.30. The van der Waals surface area contributed by atoms with Crippen LogP contribution in [0.15, 0.2) is 35.6 Å². The maximum Gasteiger partial charge on any atom is 0.328 e. The average Bonchev–Trinajstić information content (AvgIpc) is 2.54. The van der Waals surface area contributed by atoms with Crippen molar-refractivity contribution in [1.29, 1.82) is 0 Å². The fourth-order valence-electron chi connectivity index (χ4n) is 2.83. The lowest BCUT2D eigenvalue weighted by atomic mass is 9.77. The smallest absolute Gasteiger partial charge is 0.328 e. The van der Waals surface area contributed by atoms with Gasteiger partial charge in [-0.15, -0.1) is 0 Å². The minimum atomic E-state index is -2.17. The second kappa shape index (κ2) is 7.01. The van der Waals surface area contributed by atoms with Crippen molar-refractivity contribution in [2.24, 2.45) is 0 Å². The Morgan fingerprint density at radius 1 is 1.25 bits per heavy atom. The third-order valence-electron chi connectivity index (χ3n) is 4.18. The molecule has 0 aromatic carbocycles. The molecule has 1 fully saturated rings. The van der Waals surface area contributed by atoms with Crippen LogP contribution in [0.2, 0.25) is 0 Å². The number of rotatable bonds is 4. The molecule has 6 atom stereocenters. The van der Waals surface area contributed by atoms with E-state index >= 15 is 0 Å². The quantitative estimate of drug-likeness (QED) is 0.284. The van der Waals surface area contributed by atoms with Crippen LogP contribution in [0.4, 0.5) is 0 Å². The van der Waals surface area contributed by atoms with Gasteiger partial charge in [0, 0.05) is 12.5 Å². The zero-order valence-electron chi connectivity index (χ0n) is 12.6. The number of aliphatic hydroxyl groups is 6. The molecule has 0 spiro atoms. The van der Waals surface area contributed by atoms with Crippen molar-refractivity contribution in [2.45, 2.75) is 42.5 Å². The molecule has 1 heterocycles. The fraction of sp³-hybridized carbons (Fsp3) is 0.533. The zero-order chi connectivity index (χ0) is 18.1. The number of allylic oxidation sites excluding steroid dienone is 3. The summed E-state index contributed by atoms with van der Waals surface area (Å²) in [4.78, 5) is 10.6. The summed E-state index contributed by atoms with van der Waals surface area (Å²) in [7, 11) is 0. The highest BCUT2D eigenvalue weighted by molar-refractivity contribution is 5.80. The normalized spacial score (nSPS) is 40.3. The molecule has 24 heavy (non-hydrogen) atoms. The lowest BCUT2D eigenvalue weighted by molar-refractivity contribution is -0.267. The predicted octanol–water partition coefficient (Wildman–Crippen LogP) is -2.03. The van der Waals surface area contributed by atoms with Crippen LogP contribution in [0.5, 0.6) is 0 Å². The zero-order valence-corrected chi connectivity index (χ0v) is 12.6. The van der Waals surface area contributed by atoms with Gasteiger partial charge in [-0.1, -0.05) is 12.2 Å². The summed E-state index contributed by atoms with van der Waals surface area (Å²) >= 11 is 0. The first kappa shape index (κ1) is 18.6. The summed E-state index contributed by atoms with van der Waals surface area (Å²) in [6, 6.07) is 0. The summed E-state index contributed by atoms with van der Waals surface area (Å²) < 4.78 is 5.29. The Morgan fingerprint density at radius 2 is 1.92 bits per heavy atom. The Labute approximate surface area is 137 Å². The number of carbonyl (C=O) groups is 1. The van der Waals surface area contributed by atoms with Crippen LogP contribution >= 0.6 is 0 Å². The molecule has 134 valence electrons. The van der Waals surface area contributed by atoms with E-state index in [1.165, 1.54) is 12.2 Å². The fourth-order valence-corrected chi connectivity index (χ4v) is 2.83. The van der Waals surface area contributed by atoms with Crippen LogP contribution in [-0.4, -0.2) is 84.4 Å². The van der Waals surface area contributed by atoms with Gasteiger partial charge in [0.1, 0.15) is 36.3 Å². The average molecular weight is 344 g/mol. The van der Waals surface area contributed by atoms with Crippen LogP contribution in [0, 0.1) is 0 Å². The van der Waals surface area contributed by atoms with Crippen LogP contribution in [0.25, 0.3) is 0 Å². The molecule has 0 bridgehead atoms. The second-order valence-electron chi connectivity index (χ2n) is 5.82. The summed E-state index contributed by atoms with van der Waals surface area (Å²) in [6.07, 6.45) is -3.59. The number of aliphatic carboxylic acids is 1. The van der Waals surface area contributed by atoms with Gasteiger partial charge in [-0.05, 0) is 11.6 Å². The predicted molar refractivity (Wildman–Crippen MR) is 78.9 cm³/mol. The van der Waals surface area contributed by atoms with Gasteiger partial charge in [0.15, 0.2) is 5.60 Å². The largest absolute Gasteiger partial charge is 0.509 e. The van der Waals surface area contributed by atoms with Crippen molar-refractivity contribution < 1.29 is 45.3 Å². The Morgan fingerprint density at radius 3 is 2.50 bits per heavy atom. The SMILES string of the molecule is O=C(O)/C=C/C1=CC=C(O)C(O)([C@@H]2O[C@H](CO)[C@@H](O)[C@H](O)[C@H]2O)C1. The Hall–Kier alpha value is -1.75. The van der Waals surface area contributed by atoms with Gasteiger partial charge in [0.05, 0.1) is 6.61 Å². The maximum atomic E-state index is 10.8. The van der Waals surface area contributed by atoms with E-state index in [1.54, 1.807) is 0 Å². The molecule has 2 rings (SSSR count). The third kappa shape index (κ3) is 3.36. The molecule has 1 saturated heterocycles. The highest BCUT2D eigenvalue weighted by Gasteiger charge is 2.54. The summed E-state index contributed by atoms with van der Waals surface area (Å²) in [5, 5.41) is 68.4. The van der Waals surface area contributed by atoms with E-state index in [9.17, 15) is 35.4 Å². The molecule has 1 unspecified atom stereocenters. The van der Waals surface area contributed by atoms with E-state index in [2.05, 4.69) is 0 Å². The van der Waals surface area contributed by atoms with E-state index in [0.29, 0.717) is 5.57 Å². The number of hydrogen-bond acceptors (Lipinski definition) is 8. The number of carboxylic acids is 1. The van der Waals surface area contributed by atoms with E-state index in [4.69, 9.17) is 9.84 Å². The van der Waals surface area contributed by atoms with Crippen LogP contribution < -0.4 is 0 Å². The van der Waals surface area contributed by atoms with E-state index in [0.717, 1.165) is 12.2 Å². The summed E-state index contributed by atoms with van der Waals surface area (Å²) in [5.41, 5.74) is -1.84. The molecule has 2 aliphatic rings. The summed E-state index contributed by atoms with van der Waals surface area (Å²) in [6.45, 7) is -0.677. The van der Waals surface area contributed by atoms with E-state index < -0.39 is 54.5 Å². The molecule has 9 nitrogen and oxygen atoms in total. The lowest BCUT2D eigenvalue weighted by Crippen LogP contribution is -2.65. The summed E-state index contributed by atoms with van der Waals surface area (Å²) in [5.74, 6) is -1.76. The molecule has 0 radical (unpaired) electrons. The van der Waals surface area contributed by atoms with Gasteiger partial charge in [-0.25, -0.2) is 4.79 Å². The minimum absolute atomic E-state index is 0.304. The first-order valence-corrected chi connectivity index (χ1v) is 7.25. The molecule has 0 saturated carbocycles. The van der Waals surface area contributed by atoms with E-state index in [1.807, 2.05) is 0 Å². The Kier molecular flexibility index (Phi) is 5.43. The molecule has 1 aliphatic heterocycles. The van der Waals surface area contributed by atoms with Gasteiger partial charge >= 0.3 is 5.97 Å². The second-order valence-corrected chi connectivity index (χ2v) is 5.82. The van der Waals surface area contributed by atoms with Gasteiger partial charge in [-0.3, -0.25) is 0 Å². The monoisotopic (exact) mass is 344 g/mol. The number of hydrogen-bond donors (Lipinski definition) is 7. The standard InChI is InChI=1S/C15H20O9/c16-6-8-11(20)12(21)13(22)14(24-8)15(23)5-7(1-3-9(15)17)2-4-10(18)19/h1-4,8,11-14,16-17,20-23H,5-6H2,(H,18,19)/b4-2+/t8-,11-,12+,13-,14-,15?/m1/s1. The highest BCUT2D eigenvalue weighted by atomic mass is 16.6. The Bertz CT molecular complexity index is 579. The minimum Gasteiger partial charge on any atom is -0.509 e. The van der Waals surface area contributed by atoms with Gasteiger partial charge in [0.2, 0.25) is 0 Å². The molecular weight excluding hydrogens is 324 g/mol. The van der Waals surface area contributed by atoms with Crippen molar-refractivity contribution >= 4 is 5.97 Å². The van der Waals surface area contributed by atoms with Gasteiger partial charge in [0.25, 0.3) is 0 Å². The third-order valence-corrected chi connectivity index (χ3v) is 4.18. The van der Waals surface area contributed by atoms with Crippen molar-refractivity contribution in [2.75, 3.05) is 6.61 Å². The van der Waals surface area contributed by atoms with Crippen LogP contribution in [0.3, 0.4) is 0 Å². The van der Waals surface area contributed by atoms with Crippen LogP contribution in [-0.2, 0) is 9.53 Å². The van der Waals surface area contributed by atoms with Gasteiger partial charge < -0.3 is 40.5 Å².